The highest BCUT2D eigenvalue weighted by atomic mass is 32.1. The maximum Gasteiger partial charge on any atom is 0.341 e. The molecule has 6 heteroatoms. The smallest absolute Gasteiger partial charge is 0.341 e. The summed E-state index contributed by atoms with van der Waals surface area (Å²) in [6.45, 7) is 4.14. The minimum absolute atomic E-state index is 0.257. The number of pyridine rings is 1. The van der Waals surface area contributed by atoms with E-state index in [1.807, 2.05) is 36.4 Å². The lowest BCUT2D eigenvalue weighted by atomic mass is 9.95. The number of carbonyl (C=O) groups excluding carboxylic acids is 2. The molecule has 0 saturated carbocycles. The highest BCUT2D eigenvalue weighted by molar-refractivity contribution is 7.17. The highest BCUT2D eigenvalue weighted by Crippen LogP contribution is 2.39. The minimum Gasteiger partial charge on any atom is -0.465 e. The molecule has 0 saturated heterocycles. The molecule has 0 bridgehead atoms. The third-order valence-corrected chi connectivity index (χ3v) is 7.76. The van der Waals surface area contributed by atoms with Gasteiger partial charge < -0.3 is 10.1 Å². The predicted molar refractivity (Wildman–Crippen MR) is 137 cm³/mol. The quantitative estimate of drug-likeness (QED) is 0.346. The summed E-state index contributed by atoms with van der Waals surface area (Å²) < 4.78 is 5.06. The van der Waals surface area contributed by atoms with E-state index in [0.717, 1.165) is 58.3 Å². The number of amides is 1. The lowest BCUT2D eigenvalue weighted by Gasteiger charge is -2.13. The number of hydrogen-bond donors (Lipinski definition) is 1. The summed E-state index contributed by atoms with van der Waals surface area (Å²) in [4.78, 5) is 32.2. The van der Waals surface area contributed by atoms with Crippen LogP contribution in [0.25, 0.3) is 22.2 Å². The summed E-state index contributed by atoms with van der Waals surface area (Å²) in [6.07, 6.45) is 3.89. The van der Waals surface area contributed by atoms with Crippen LogP contribution in [0, 0.1) is 13.8 Å². The molecule has 5 rings (SSSR count). The summed E-state index contributed by atoms with van der Waals surface area (Å²) in [7, 11) is 1.38. The van der Waals surface area contributed by atoms with E-state index in [1.54, 1.807) is 0 Å². The first-order valence-corrected chi connectivity index (χ1v) is 12.3. The fourth-order valence-electron chi connectivity index (χ4n) is 4.55. The fourth-order valence-corrected chi connectivity index (χ4v) is 5.83. The Balaban J connectivity index is 1.60. The second-order valence-corrected chi connectivity index (χ2v) is 9.84. The summed E-state index contributed by atoms with van der Waals surface area (Å²) in [5.74, 6) is -0.655. The van der Waals surface area contributed by atoms with Crippen molar-refractivity contribution in [3.63, 3.8) is 0 Å². The van der Waals surface area contributed by atoms with Crippen LogP contribution in [0.2, 0.25) is 0 Å². The number of carbonyl (C=O) groups is 2. The third kappa shape index (κ3) is 3.99. The number of fused-ring (bicyclic) bond motifs is 2. The molecule has 4 aromatic rings. The zero-order chi connectivity index (χ0) is 23.8. The van der Waals surface area contributed by atoms with Crippen LogP contribution in [0.15, 0.2) is 48.5 Å². The lowest BCUT2D eigenvalue weighted by molar-refractivity contribution is 0.0601. The number of ether oxygens (including phenoxy) is 1. The van der Waals surface area contributed by atoms with Gasteiger partial charge in [0.15, 0.2) is 0 Å². The van der Waals surface area contributed by atoms with Crippen molar-refractivity contribution >= 4 is 39.1 Å². The Morgan fingerprint density at radius 1 is 1.00 bits per heavy atom. The number of anilines is 1. The Morgan fingerprint density at radius 2 is 1.79 bits per heavy atom. The SMILES string of the molecule is COC(=O)c1c(NC(=O)c2cc(-c3ccc(C)c(C)c3)nc3ccccc23)sc2c1CCCC2. The number of aromatic nitrogens is 1. The van der Waals surface area contributed by atoms with Gasteiger partial charge in [-0.1, -0.05) is 30.3 Å². The third-order valence-electron chi connectivity index (χ3n) is 6.55. The second kappa shape index (κ2) is 9.03. The van der Waals surface area contributed by atoms with Crippen LogP contribution in [0.1, 0.15) is 55.1 Å². The van der Waals surface area contributed by atoms with Gasteiger partial charge in [-0.3, -0.25) is 4.79 Å². The molecule has 1 N–H and O–H groups in total. The first kappa shape index (κ1) is 22.3. The van der Waals surface area contributed by atoms with Crippen molar-refractivity contribution in [3.8, 4) is 11.3 Å². The van der Waals surface area contributed by atoms with Gasteiger partial charge in [-0.2, -0.15) is 0 Å². The summed E-state index contributed by atoms with van der Waals surface area (Å²) >= 11 is 1.49. The normalized spacial score (nSPS) is 12.9. The number of benzene rings is 2. The van der Waals surface area contributed by atoms with Crippen LogP contribution in [0.4, 0.5) is 5.00 Å². The molecule has 2 heterocycles. The van der Waals surface area contributed by atoms with Crippen molar-refractivity contribution in [1.82, 2.24) is 4.98 Å². The summed E-state index contributed by atoms with van der Waals surface area (Å²) in [5.41, 5.74) is 6.89. The van der Waals surface area contributed by atoms with E-state index in [9.17, 15) is 9.59 Å². The zero-order valence-corrected chi connectivity index (χ0v) is 20.3. The molecule has 1 aliphatic carbocycles. The Morgan fingerprint density at radius 3 is 2.59 bits per heavy atom. The van der Waals surface area contributed by atoms with Crippen LogP contribution in [0.5, 0.6) is 0 Å². The van der Waals surface area contributed by atoms with E-state index in [2.05, 4.69) is 31.3 Å². The van der Waals surface area contributed by atoms with Gasteiger partial charge in [-0.15, -0.1) is 11.3 Å². The van der Waals surface area contributed by atoms with Crippen molar-refractivity contribution in [3.05, 3.63) is 81.2 Å². The monoisotopic (exact) mass is 470 g/mol. The fraction of sp³-hybridized carbons (Fsp3) is 0.250. The highest BCUT2D eigenvalue weighted by Gasteiger charge is 2.27. The number of hydrogen-bond acceptors (Lipinski definition) is 5. The minimum atomic E-state index is -0.398. The van der Waals surface area contributed by atoms with Gasteiger partial charge in [0.1, 0.15) is 5.00 Å². The van der Waals surface area contributed by atoms with Gasteiger partial charge in [0.25, 0.3) is 5.91 Å². The molecule has 1 amide bonds. The number of nitrogens with zero attached hydrogens (tertiary/aromatic N) is 1. The standard InChI is InChI=1S/C28H26N2O3S/c1-16-12-13-18(14-17(16)2)23-15-21(19-8-4-6-10-22(19)29-23)26(31)30-27-25(28(32)33-3)20-9-5-7-11-24(20)34-27/h4,6,8,10,12-15H,5,7,9,11H2,1-3H3,(H,30,31). The molecule has 0 unspecified atom stereocenters. The molecule has 0 radical (unpaired) electrons. The van der Waals surface area contributed by atoms with Crippen molar-refractivity contribution < 1.29 is 14.3 Å². The Kier molecular flexibility index (Phi) is 5.92. The Hall–Kier alpha value is -3.51. The van der Waals surface area contributed by atoms with Crippen molar-refractivity contribution in [2.45, 2.75) is 39.5 Å². The van der Waals surface area contributed by atoms with E-state index in [0.29, 0.717) is 16.1 Å². The lowest BCUT2D eigenvalue weighted by Crippen LogP contribution is -2.16. The first-order valence-electron chi connectivity index (χ1n) is 11.5. The molecule has 2 aromatic heterocycles. The van der Waals surface area contributed by atoms with Gasteiger partial charge in [0.2, 0.25) is 0 Å². The number of nitrogens with one attached hydrogen (secondary N) is 1. The van der Waals surface area contributed by atoms with Gasteiger partial charge in [-0.05, 0) is 74.4 Å². The van der Waals surface area contributed by atoms with E-state index < -0.39 is 5.97 Å². The molecule has 5 nitrogen and oxygen atoms in total. The largest absolute Gasteiger partial charge is 0.465 e. The van der Waals surface area contributed by atoms with E-state index >= 15 is 0 Å². The molecule has 1 aliphatic rings. The number of para-hydroxylation sites is 1. The van der Waals surface area contributed by atoms with Gasteiger partial charge >= 0.3 is 5.97 Å². The topological polar surface area (TPSA) is 68.3 Å². The van der Waals surface area contributed by atoms with Gasteiger partial charge in [-0.25, -0.2) is 9.78 Å². The number of rotatable bonds is 4. The van der Waals surface area contributed by atoms with E-state index in [-0.39, 0.29) is 5.91 Å². The maximum absolute atomic E-state index is 13.6. The Bertz CT molecular complexity index is 1440. The molecule has 0 aliphatic heterocycles. The Labute approximate surface area is 202 Å². The van der Waals surface area contributed by atoms with Crippen LogP contribution >= 0.6 is 11.3 Å². The summed E-state index contributed by atoms with van der Waals surface area (Å²) in [5, 5.41) is 4.38. The zero-order valence-electron chi connectivity index (χ0n) is 19.5. The number of esters is 1. The van der Waals surface area contributed by atoms with E-state index in [1.165, 1.54) is 29.6 Å². The number of aryl methyl sites for hydroxylation is 3. The average Bonchev–Trinajstić information content (AvgIpc) is 3.22. The molecule has 2 aromatic carbocycles. The van der Waals surface area contributed by atoms with Crippen LogP contribution in [-0.4, -0.2) is 24.0 Å². The molecule has 0 fully saturated rings. The van der Waals surface area contributed by atoms with Crippen molar-refractivity contribution in [2.75, 3.05) is 12.4 Å². The van der Waals surface area contributed by atoms with Crippen molar-refractivity contribution in [2.24, 2.45) is 0 Å². The van der Waals surface area contributed by atoms with Crippen LogP contribution in [-0.2, 0) is 17.6 Å². The molecule has 0 spiro atoms. The van der Waals surface area contributed by atoms with Crippen LogP contribution in [0.3, 0.4) is 0 Å². The predicted octanol–water partition coefficient (Wildman–Crippen LogP) is 6.50. The molecule has 172 valence electrons. The molecule has 34 heavy (non-hydrogen) atoms. The molecular formula is C28H26N2O3S. The number of methoxy groups -OCH3 is 1. The first-order chi connectivity index (χ1) is 16.5. The van der Waals surface area contributed by atoms with E-state index in [4.69, 9.17) is 9.72 Å². The molecular weight excluding hydrogens is 444 g/mol. The van der Waals surface area contributed by atoms with Crippen LogP contribution < -0.4 is 5.32 Å². The maximum atomic E-state index is 13.6. The summed E-state index contributed by atoms with van der Waals surface area (Å²) in [6, 6.07) is 15.7. The van der Waals surface area contributed by atoms with Gasteiger partial charge in [0.05, 0.1) is 29.4 Å². The average molecular weight is 471 g/mol. The second-order valence-electron chi connectivity index (χ2n) is 8.73. The molecule has 0 atom stereocenters. The number of thiophene rings is 1. The van der Waals surface area contributed by atoms with Gasteiger partial charge in [0, 0.05) is 15.8 Å². The van der Waals surface area contributed by atoms with Crippen molar-refractivity contribution in [1.29, 1.82) is 0 Å².